The van der Waals surface area contributed by atoms with E-state index in [-0.39, 0.29) is 0 Å². The van der Waals surface area contributed by atoms with E-state index in [1.807, 2.05) is 0 Å². The quantitative estimate of drug-likeness (QED) is 0.103. The minimum absolute atomic E-state index is 0.621. The topological polar surface area (TPSA) is 354 Å². The van der Waals surface area contributed by atoms with Crippen molar-refractivity contribution in [1.29, 1.82) is 0 Å². The van der Waals surface area contributed by atoms with Crippen molar-refractivity contribution in [3.8, 4) is 0 Å². The minimum atomic E-state index is -2.00. The minimum Gasteiger partial charge on any atom is -0.394 e. The number of ether oxygens (including phenoxy) is 7. The second-order valence-corrected chi connectivity index (χ2v) is 11.3. The van der Waals surface area contributed by atoms with Gasteiger partial charge in [0.1, 0.15) is 91.6 Å². The summed E-state index contributed by atoms with van der Waals surface area (Å²) in [7, 11) is 0. The Morgan fingerprint density at radius 3 is 1.58 bits per heavy atom. The van der Waals surface area contributed by atoms with E-state index in [1.54, 1.807) is 0 Å². The van der Waals surface area contributed by atoms with Gasteiger partial charge in [-0.1, -0.05) is 0 Å². The number of rotatable bonds is 10. The summed E-state index contributed by atoms with van der Waals surface area (Å²) in [6.45, 7) is -3.00. The molecule has 0 amide bonds. The average Bonchev–Trinajstić information content (AvgIpc) is 3.03. The van der Waals surface area contributed by atoms with Crippen LogP contribution in [0.15, 0.2) is 0 Å². The first kappa shape index (κ1) is 37.0. The Labute approximate surface area is 255 Å². The molecule has 4 saturated heterocycles. The number of nitrogens with two attached hydrogens (primary N) is 1. The largest absolute Gasteiger partial charge is 0.394 e. The zero-order valence-corrected chi connectivity index (χ0v) is 23.6. The van der Waals surface area contributed by atoms with Crippen molar-refractivity contribution in [2.75, 3.05) is 26.4 Å². The van der Waals surface area contributed by atoms with Crippen LogP contribution in [0.4, 0.5) is 0 Å². The molecular weight excluding hydrogens is 622 g/mol. The van der Waals surface area contributed by atoms with Crippen LogP contribution in [0.25, 0.3) is 0 Å². The maximum atomic E-state index is 11.0. The molecule has 4 fully saturated rings. The van der Waals surface area contributed by atoms with Crippen LogP contribution in [0, 0.1) is 0 Å². The summed E-state index contributed by atoms with van der Waals surface area (Å²) in [5.41, 5.74) is 5.84. The molecule has 264 valence electrons. The molecule has 21 heteroatoms. The van der Waals surface area contributed by atoms with Gasteiger partial charge in [0.15, 0.2) is 25.2 Å². The highest BCUT2D eigenvalue weighted by Gasteiger charge is 2.54. The number of aliphatic hydroxyl groups is 13. The predicted octanol–water partition coefficient (Wildman–Crippen LogP) is -9.78. The Hall–Kier alpha value is -0.840. The van der Waals surface area contributed by atoms with Gasteiger partial charge < -0.3 is 105 Å². The highest BCUT2D eigenvalue weighted by Crippen LogP contribution is 2.32. The number of aliphatic hydroxyl groups excluding tert-OH is 13. The van der Waals surface area contributed by atoms with Crippen LogP contribution in [0.5, 0.6) is 0 Å². The molecule has 4 heterocycles. The molecule has 4 aliphatic rings. The fourth-order valence-corrected chi connectivity index (χ4v) is 5.48. The highest BCUT2D eigenvalue weighted by atomic mass is 16.8. The third-order valence-electron chi connectivity index (χ3n) is 8.27. The van der Waals surface area contributed by atoms with E-state index in [0.29, 0.717) is 0 Å². The molecular formula is C24H43NO20. The summed E-state index contributed by atoms with van der Waals surface area (Å²) in [5, 5.41) is 132. The SMILES string of the molecule is N[C@H]1C(OCC2OC(O[C@H]3[C@@H](O)C(CO)OC(O[C@H]4C(CO)OC(O)[C@H](O)[C@H]4O)[C@@H]3O)[C@H](O)[C@@H](O)[C@H]2O)OC(CO)[C@H](O)[C@@H]1O. The molecule has 0 aliphatic carbocycles. The standard InChI is InChI=1S/C24H43NO20/c25-9-13(32)10(29)5(1-26)41-22(9)39-4-8-11(30)14(33)17(36)23(43-8)45-20-12(31)6(2-27)42-24(18(20)37)44-19-7(3-28)40-21(38)16(35)15(19)34/h5-24,26-38H,1-4,25H2/t5?,6?,7?,8?,9-,10+,11+,12+,13-,14+,15-,16-,17-,18-,19+,20+,21?,22?,23?,24?/m1/s1. The van der Waals surface area contributed by atoms with Crippen molar-refractivity contribution >= 4 is 0 Å². The Kier molecular flexibility index (Phi) is 12.8. The van der Waals surface area contributed by atoms with Gasteiger partial charge in [-0.25, -0.2) is 0 Å². The van der Waals surface area contributed by atoms with Crippen LogP contribution in [0.2, 0.25) is 0 Å². The van der Waals surface area contributed by atoms with Crippen LogP contribution in [-0.4, -0.2) is 216 Å². The van der Waals surface area contributed by atoms with E-state index >= 15 is 0 Å². The lowest BCUT2D eigenvalue weighted by Gasteiger charge is -2.48. The lowest BCUT2D eigenvalue weighted by atomic mass is 9.96. The lowest BCUT2D eigenvalue weighted by Crippen LogP contribution is -2.67. The molecule has 0 aromatic heterocycles. The molecule has 0 spiro atoms. The summed E-state index contributed by atoms with van der Waals surface area (Å²) in [5.74, 6) is 0. The molecule has 4 aliphatic heterocycles. The second-order valence-electron chi connectivity index (χ2n) is 11.3. The fraction of sp³-hybridized carbons (Fsp3) is 1.00. The van der Waals surface area contributed by atoms with E-state index in [4.69, 9.17) is 38.9 Å². The van der Waals surface area contributed by atoms with Gasteiger partial charge in [0, 0.05) is 0 Å². The summed E-state index contributed by atoms with van der Waals surface area (Å²) in [4.78, 5) is 0. The van der Waals surface area contributed by atoms with E-state index in [9.17, 15) is 66.4 Å². The van der Waals surface area contributed by atoms with E-state index in [0.717, 1.165) is 0 Å². The third kappa shape index (κ3) is 7.59. The third-order valence-corrected chi connectivity index (χ3v) is 8.27. The van der Waals surface area contributed by atoms with Crippen LogP contribution in [0.3, 0.4) is 0 Å². The van der Waals surface area contributed by atoms with Crippen molar-refractivity contribution in [1.82, 2.24) is 0 Å². The monoisotopic (exact) mass is 665 g/mol. The maximum Gasteiger partial charge on any atom is 0.187 e. The summed E-state index contributed by atoms with van der Waals surface area (Å²) < 4.78 is 37.9. The first-order valence-corrected chi connectivity index (χ1v) is 14.2. The van der Waals surface area contributed by atoms with Crippen LogP contribution in [0.1, 0.15) is 0 Å². The molecule has 21 nitrogen and oxygen atoms in total. The molecule has 8 unspecified atom stereocenters. The average molecular weight is 666 g/mol. The normalized spacial score (nSPS) is 52.9. The van der Waals surface area contributed by atoms with Crippen molar-refractivity contribution < 1.29 is 99.5 Å². The van der Waals surface area contributed by atoms with Gasteiger partial charge in [-0.05, 0) is 0 Å². The van der Waals surface area contributed by atoms with Gasteiger partial charge in [0.2, 0.25) is 0 Å². The number of hydrogen-bond donors (Lipinski definition) is 14. The van der Waals surface area contributed by atoms with Crippen LogP contribution >= 0.6 is 0 Å². The summed E-state index contributed by atoms with van der Waals surface area (Å²) in [6.07, 6.45) is -32.6. The van der Waals surface area contributed by atoms with E-state index in [1.165, 1.54) is 0 Å². The van der Waals surface area contributed by atoms with Crippen molar-refractivity contribution in [2.45, 2.75) is 123 Å². The van der Waals surface area contributed by atoms with Gasteiger partial charge in [0.25, 0.3) is 0 Å². The van der Waals surface area contributed by atoms with Gasteiger partial charge in [-0.3, -0.25) is 0 Å². The molecule has 0 aromatic rings. The van der Waals surface area contributed by atoms with E-state index < -0.39 is 149 Å². The smallest absolute Gasteiger partial charge is 0.187 e. The summed E-state index contributed by atoms with van der Waals surface area (Å²) >= 11 is 0. The zero-order valence-electron chi connectivity index (χ0n) is 23.6. The predicted molar refractivity (Wildman–Crippen MR) is 136 cm³/mol. The second kappa shape index (κ2) is 15.6. The van der Waals surface area contributed by atoms with Crippen LogP contribution < -0.4 is 5.73 Å². The molecule has 0 saturated carbocycles. The Morgan fingerprint density at radius 1 is 0.444 bits per heavy atom. The first-order chi connectivity index (χ1) is 21.2. The Morgan fingerprint density at radius 2 is 0.956 bits per heavy atom. The molecule has 4 rings (SSSR count). The van der Waals surface area contributed by atoms with E-state index in [2.05, 4.69) is 0 Å². The van der Waals surface area contributed by atoms with Crippen molar-refractivity contribution in [2.24, 2.45) is 5.73 Å². The summed E-state index contributed by atoms with van der Waals surface area (Å²) in [6, 6.07) is -1.31. The molecule has 0 bridgehead atoms. The Balaban J connectivity index is 1.46. The number of hydrogen-bond acceptors (Lipinski definition) is 21. The van der Waals surface area contributed by atoms with Gasteiger partial charge in [-0.2, -0.15) is 0 Å². The molecule has 15 N–H and O–H groups in total. The van der Waals surface area contributed by atoms with Crippen molar-refractivity contribution in [3.05, 3.63) is 0 Å². The Bertz CT molecular complexity index is 920. The first-order valence-electron chi connectivity index (χ1n) is 14.2. The van der Waals surface area contributed by atoms with Gasteiger partial charge in [0.05, 0.1) is 32.5 Å². The highest BCUT2D eigenvalue weighted by molar-refractivity contribution is 4.97. The molecule has 45 heavy (non-hydrogen) atoms. The lowest BCUT2D eigenvalue weighted by molar-refractivity contribution is -0.380. The fourth-order valence-electron chi connectivity index (χ4n) is 5.48. The molecule has 0 radical (unpaired) electrons. The van der Waals surface area contributed by atoms with Gasteiger partial charge >= 0.3 is 0 Å². The zero-order chi connectivity index (χ0) is 33.3. The molecule has 0 aromatic carbocycles. The van der Waals surface area contributed by atoms with Crippen molar-refractivity contribution in [3.63, 3.8) is 0 Å². The van der Waals surface area contributed by atoms with Gasteiger partial charge in [-0.15, -0.1) is 0 Å². The maximum absolute atomic E-state index is 11.0. The molecule has 20 atom stereocenters. The van der Waals surface area contributed by atoms with Crippen LogP contribution in [-0.2, 0) is 33.2 Å².